The van der Waals surface area contributed by atoms with Gasteiger partial charge in [0.1, 0.15) is 0 Å². The van der Waals surface area contributed by atoms with Crippen LogP contribution in [0.3, 0.4) is 0 Å². The highest BCUT2D eigenvalue weighted by Gasteiger charge is 2.50. The fraction of sp³-hybridized carbons (Fsp3) is 0.533. The summed E-state index contributed by atoms with van der Waals surface area (Å²) in [5, 5.41) is 3.54. The van der Waals surface area contributed by atoms with Gasteiger partial charge < -0.3 is 0 Å². The third-order valence-corrected chi connectivity index (χ3v) is 10.7. The van der Waals surface area contributed by atoms with Crippen molar-refractivity contribution < 1.29 is 0 Å². The van der Waals surface area contributed by atoms with E-state index >= 15 is 0 Å². The van der Waals surface area contributed by atoms with E-state index < -0.39 is 8.07 Å². The zero-order valence-electron chi connectivity index (χ0n) is 12.0. The molecular weight excluding hydrogens is 236 g/mol. The first kappa shape index (κ1) is 13.0. The third-order valence-electron chi connectivity index (χ3n) is 4.37. The zero-order chi connectivity index (χ0) is 12.8. The van der Waals surface area contributed by atoms with E-state index in [1.54, 1.807) is 10.4 Å². The van der Waals surface area contributed by atoms with Gasteiger partial charge in [0.2, 0.25) is 0 Å². The van der Waals surface area contributed by atoms with Crippen molar-refractivity contribution in [2.75, 3.05) is 0 Å². The molecule has 1 unspecified atom stereocenters. The van der Waals surface area contributed by atoms with Gasteiger partial charge in [-0.3, -0.25) is 0 Å². The lowest BCUT2D eigenvalue weighted by atomic mass is 9.86. The van der Waals surface area contributed by atoms with E-state index in [9.17, 15) is 0 Å². The largest absolute Gasteiger partial charge is 0.0880 e. The van der Waals surface area contributed by atoms with Gasteiger partial charge in [-0.2, -0.15) is 0 Å². The maximum absolute atomic E-state index is 2.55. The summed E-state index contributed by atoms with van der Waals surface area (Å²) >= 11 is 0. The van der Waals surface area contributed by atoms with Crippen molar-refractivity contribution in [1.29, 1.82) is 0 Å². The number of hydrogen-bond acceptors (Lipinski definition) is 0. The normalized spacial score (nSPS) is 24.2. The number of fused-ring (bicyclic) bond motifs is 1. The van der Waals surface area contributed by atoms with E-state index in [1.807, 2.05) is 0 Å². The highest BCUT2D eigenvalue weighted by molar-refractivity contribution is 6.94. The molecule has 0 saturated carbocycles. The monoisotopic (exact) mass is 260 g/mol. The quantitative estimate of drug-likeness (QED) is 0.537. The SMILES string of the molecule is CC(C)=CC1C(C)(C)c2[siH]cccc2[Si]1(C)C. The molecule has 2 heteroatoms. The summed E-state index contributed by atoms with van der Waals surface area (Å²) < 4.78 is 0. The molecule has 0 saturated heterocycles. The highest BCUT2D eigenvalue weighted by atomic mass is 28.3. The minimum atomic E-state index is -1.31. The molecule has 1 aliphatic rings. The van der Waals surface area contributed by atoms with E-state index in [0.29, 0.717) is 14.5 Å². The molecule has 1 atom stereocenters. The van der Waals surface area contributed by atoms with Crippen molar-refractivity contribution in [3.05, 3.63) is 34.6 Å². The Morgan fingerprint density at radius 3 is 2.53 bits per heavy atom. The van der Waals surface area contributed by atoms with E-state index in [4.69, 9.17) is 0 Å². The Morgan fingerprint density at radius 2 is 2.00 bits per heavy atom. The van der Waals surface area contributed by atoms with Gasteiger partial charge in [0, 0.05) is 9.12 Å². The molecule has 0 aromatic carbocycles. The van der Waals surface area contributed by atoms with Crippen LogP contribution in [0.5, 0.6) is 0 Å². The number of hydrogen-bond donors (Lipinski definition) is 0. The summed E-state index contributed by atoms with van der Waals surface area (Å²) in [7, 11) is -0.922. The zero-order valence-corrected chi connectivity index (χ0v) is 14.1. The third kappa shape index (κ3) is 1.91. The van der Waals surface area contributed by atoms with Crippen LogP contribution >= 0.6 is 0 Å². The van der Waals surface area contributed by atoms with Crippen LogP contribution in [0.2, 0.25) is 18.6 Å². The van der Waals surface area contributed by atoms with Crippen LogP contribution in [0.25, 0.3) is 0 Å². The lowest BCUT2D eigenvalue weighted by Crippen LogP contribution is -2.42. The Hall–Kier alpha value is -0.476. The average Bonchev–Trinajstić information content (AvgIpc) is 2.38. The molecule has 0 fully saturated rings. The molecule has 0 N–H and O–H groups in total. The predicted octanol–water partition coefficient (Wildman–Crippen LogP) is 3.30. The highest BCUT2D eigenvalue weighted by Crippen LogP contribution is 2.48. The summed E-state index contributed by atoms with van der Waals surface area (Å²) in [4.78, 5) is 0. The van der Waals surface area contributed by atoms with Gasteiger partial charge >= 0.3 is 0 Å². The van der Waals surface area contributed by atoms with E-state index in [1.165, 1.54) is 5.57 Å². The summed E-state index contributed by atoms with van der Waals surface area (Å²) in [6.45, 7) is 14.5. The minimum Gasteiger partial charge on any atom is -0.0843 e. The Balaban J connectivity index is 2.64. The topological polar surface area (TPSA) is 0 Å². The second kappa shape index (κ2) is 4.02. The van der Waals surface area contributed by atoms with Crippen LogP contribution < -0.4 is 5.19 Å². The number of rotatable bonds is 1. The molecule has 0 radical (unpaired) electrons. The number of allylic oxidation sites excluding steroid dienone is 2. The maximum Gasteiger partial charge on any atom is 0.0880 e. The molecule has 1 aromatic heterocycles. The summed E-state index contributed by atoms with van der Waals surface area (Å²) in [5.41, 5.74) is 5.04. The Bertz CT molecular complexity index is 431. The Labute approximate surface area is 109 Å². The smallest absolute Gasteiger partial charge is 0.0843 e. The molecule has 0 bridgehead atoms. The molecule has 0 spiro atoms. The molecule has 0 nitrogen and oxygen atoms in total. The van der Waals surface area contributed by atoms with Crippen LogP contribution in [0.1, 0.15) is 32.9 Å². The van der Waals surface area contributed by atoms with Gasteiger partial charge in [-0.05, 0) is 24.8 Å². The fourth-order valence-electron chi connectivity index (χ4n) is 3.59. The van der Waals surface area contributed by atoms with Crippen LogP contribution in [0, 0.1) is 0 Å². The summed E-state index contributed by atoms with van der Waals surface area (Å²) in [6, 6.07) is 4.71. The first-order valence-corrected chi connectivity index (χ1v) is 10.8. The Kier molecular flexibility index (Phi) is 3.07. The van der Waals surface area contributed by atoms with E-state index in [-0.39, 0.29) is 0 Å². The predicted molar refractivity (Wildman–Crippen MR) is 82.5 cm³/mol. The van der Waals surface area contributed by atoms with Crippen LogP contribution in [-0.2, 0) is 5.41 Å². The summed E-state index contributed by atoms with van der Waals surface area (Å²) in [6.07, 6.45) is 2.55. The van der Waals surface area contributed by atoms with Crippen molar-refractivity contribution in [1.82, 2.24) is 0 Å². The first-order valence-electron chi connectivity index (χ1n) is 6.53. The van der Waals surface area contributed by atoms with Crippen molar-refractivity contribution in [2.45, 2.75) is 51.7 Å². The van der Waals surface area contributed by atoms with E-state index in [2.05, 4.69) is 64.7 Å². The average molecular weight is 261 g/mol. The van der Waals surface area contributed by atoms with Crippen molar-refractivity contribution in [3.63, 3.8) is 0 Å². The van der Waals surface area contributed by atoms with Gasteiger partial charge in [0.15, 0.2) is 0 Å². The molecule has 0 amide bonds. The van der Waals surface area contributed by atoms with Crippen LogP contribution in [0.4, 0.5) is 0 Å². The van der Waals surface area contributed by atoms with Gasteiger partial charge in [0.05, 0.1) is 8.07 Å². The van der Waals surface area contributed by atoms with Crippen molar-refractivity contribution in [2.24, 2.45) is 0 Å². The fourth-order valence-corrected chi connectivity index (χ4v) is 11.0. The minimum absolute atomic E-state index is 0.388. The van der Waals surface area contributed by atoms with E-state index in [0.717, 1.165) is 5.54 Å². The lowest BCUT2D eigenvalue weighted by molar-refractivity contribution is 0.547. The first-order chi connectivity index (χ1) is 7.78. The van der Waals surface area contributed by atoms with Crippen LogP contribution in [-0.4, -0.2) is 17.2 Å². The molecule has 2 rings (SSSR count). The molecule has 17 heavy (non-hydrogen) atoms. The second-order valence-electron chi connectivity index (χ2n) is 6.71. The molecule has 2 heterocycles. The van der Waals surface area contributed by atoms with Gasteiger partial charge in [-0.15, -0.1) is 0 Å². The van der Waals surface area contributed by atoms with Gasteiger partial charge in [-0.1, -0.05) is 66.8 Å². The maximum atomic E-state index is 2.55. The lowest BCUT2D eigenvalue weighted by Gasteiger charge is -2.33. The Morgan fingerprint density at radius 1 is 1.35 bits per heavy atom. The molecule has 1 aliphatic heterocycles. The van der Waals surface area contributed by atoms with Crippen molar-refractivity contribution >= 4 is 22.4 Å². The molecule has 0 aliphatic carbocycles. The van der Waals surface area contributed by atoms with Crippen LogP contribution in [0.15, 0.2) is 29.5 Å². The summed E-state index contributed by atoms with van der Waals surface area (Å²) in [5.74, 6) is 0. The van der Waals surface area contributed by atoms with Gasteiger partial charge in [-0.25, -0.2) is 0 Å². The molecule has 1 aromatic rings. The molecular formula is C15H24Si2. The van der Waals surface area contributed by atoms with Gasteiger partial charge in [0.25, 0.3) is 0 Å². The standard InChI is InChI=1S/C15H24Si2/c1-11(2)10-13-15(3,4)14-12(17(13,5)6)8-7-9-16-14/h7-10,13,16H,1-6H3. The molecule has 92 valence electrons. The second-order valence-corrected chi connectivity index (χ2v) is 12.6. The van der Waals surface area contributed by atoms with Crippen molar-refractivity contribution in [3.8, 4) is 0 Å².